The van der Waals surface area contributed by atoms with Crippen molar-refractivity contribution >= 4 is 6.03 Å². The first-order chi connectivity index (χ1) is 9.20. The number of rotatable bonds is 4. The largest absolute Gasteiger partial charge is 0.324 e. The van der Waals surface area contributed by atoms with Gasteiger partial charge < -0.3 is 15.1 Å². The number of carbonyl (C=O) groups is 1. The molecule has 2 aliphatic rings. The number of piperidine rings is 1. The van der Waals surface area contributed by atoms with E-state index in [4.69, 9.17) is 0 Å². The van der Waals surface area contributed by atoms with Crippen LogP contribution in [-0.4, -0.2) is 54.6 Å². The fraction of sp³-hybridized carbons (Fsp3) is 0.933. The van der Waals surface area contributed by atoms with Crippen LogP contribution < -0.4 is 5.32 Å². The second-order valence-electron chi connectivity index (χ2n) is 6.22. The number of likely N-dealkylation sites (tertiary alicyclic amines) is 1. The van der Waals surface area contributed by atoms with Gasteiger partial charge in [-0.2, -0.15) is 0 Å². The third-order valence-electron chi connectivity index (χ3n) is 4.29. The first kappa shape index (κ1) is 14.6. The summed E-state index contributed by atoms with van der Waals surface area (Å²) in [6, 6.07) is 0.778. The maximum atomic E-state index is 12.6. The van der Waals surface area contributed by atoms with E-state index in [0.717, 1.165) is 45.6 Å². The van der Waals surface area contributed by atoms with Crippen molar-refractivity contribution in [3.05, 3.63) is 0 Å². The minimum Gasteiger partial charge on any atom is -0.324 e. The highest BCUT2D eigenvalue weighted by Gasteiger charge is 2.27. The Balaban J connectivity index is 1.90. The van der Waals surface area contributed by atoms with Crippen LogP contribution in [0.2, 0.25) is 0 Å². The highest BCUT2D eigenvalue weighted by atomic mass is 16.2. The summed E-state index contributed by atoms with van der Waals surface area (Å²) in [5.41, 5.74) is 0. The topological polar surface area (TPSA) is 35.6 Å². The van der Waals surface area contributed by atoms with Gasteiger partial charge in [0, 0.05) is 32.2 Å². The molecule has 19 heavy (non-hydrogen) atoms. The highest BCUT2D eigenvalue weighted by molar-refractivity contribution is 5.74. The van der Waals surface area contributed by atoms with Crippen molar-refractivity contribution in [2.75, 3.05) is 32.7 Å². The van der Waals surface area contributed by atoms with Crippen LogP contribution in [0.1, 0.15) is 46.0 Å². The lowest BCUT2D eigenvalue weighted by Crippen LogP contribution is -2.50. The minimum atomic E-state index is 0.266. The molecule has 0 aromatic carbocycles. The Kier molecular flexibility index (Phi) is 5.49. The quantitative estimate of drug-likeness (QED) is 0.848. The fourth-order valence-electron chi connectivity index (χ4n) is 3.28. The second kappa shape index (κ2) is 7.13. The molecule has 2 unspecified atom stereocenters. The van der Waals surface area contributed by atoms with Gasteiger partial charge in [-0.15, -0.1) is 0 Å². The Labute approximate surface area is 117 Å². The van der Waals surface area contributed by atoms with E-state index in [2.05, 4.69) is 29.0 Å². The summed E-state index contributed by atoms with van der Waals surface area (Å²) in [6.07, 6.45) is 5.93. The third kappa shape index (κ3) is 4.10. The van der Waals surface area contributed by atoms with E-state index >= 15 is 0 Å². The van der Waals surface area contributed by atoms with Crippen molar-refractivity contribution in [2.45, 2.75) is 52.0 Å². The van der Waals surface area contributed by atoms with Gasteiger partial charge >= 0.3 is 6.03 Å². The van der Waals surface area contributed by atoms with Crippen molar-refractivity contribution in [1.29, 1.82) is 0 Å². The number of carbonyl (C=O) groups excluding carboxylic acids is 1. The van der Waals surface area contributed by atoms with Crippen LogP contribution in [0.15, 0.2) is 0 Å². The number of nitrogens with zero attached hydrogens (tertiary/aromatic N) is 2. The minimum absolute atomic E-state index is 0.266. The Morgan fingerprint density at radius 3 is 2.84 bits per heavy atom. The van der Waals surface area contributed by atoms with Gasteiger partial charge in [-0.1, -0.05) is 13.8 Å². The van der Waals surface area contributed by atoms with E-state index in [9.17, 15) is 4.79 Å². The van der Waals surface area contributed by atoms with Crippen LogP contribution in [0.3, 0.4) is 0 Å². The van der Waals surface area contributed by atoms with E-state index in [-0.39, 0.29) is 6.03 Å². The maximum Gasteiger partial charge on any atom is 0.320 e. The van der Waals surface area contributed by atoms with Crippen molar-refractivity contribution in [3.63, 3.8) is 0 Å². The van der Waals surface area contributed by atoms with Gasteiger partial charge in [0.25, 0.3) is 0 Å². The number of urea groups is 1. The molecule has 2 aliphatic heterocycles. The van der Waals surface area contributed by atoms with E-state index in [1.807, 2.05) is 0 Å². The molecule has 110 valence electrons. The summed E-state index contributed by atoms with van der Waals surface area (Å²) in [6.45, 7) is 9.18. The molecule has 2 saturated heterocycles. The third-order valence-corrected chi connectivity index (χ3v) is 4.29. The molecule has 0 aromatic heterocycles. The molecule has 2 rings (SSSR count). The molecule has 4 heteroatoms. The molecule has 2 heterocycles. The number of amides is 2. The summed E-state index contributed by atoms with van der Waals surface area (Å²) in [5, 5.41) is 3.50. The van der Waals surface area contributed by atoms with Crippen LogP contribution in [0, 0.1) is 5.92 Å². The summed E-state index contributed by atoms with van der Waals surface area (Å²) < 4.78 is 0. The van der Waals surface area contributed by atoms with Gasteiger partial charge in [0.1, 0.15) is 0 Å². The van der Waals surface area contributed by atoms with Crippen LogP contribution in [-0.2, 0) is 0 Å². The Morgan fingerprint density at radius 2 is 2.21 bits per heavy atom. The van der Waals surface area contributed by atoms with Gasteiger partial charge in [0.15, 0.2) is 0 Å². The monoisotopic (exact) mass is 267 g/mol. The smallest absolute Gasteiger partial charge is 0.320 e. The highest BCUT2D eigenvalue weighted by Crippen LogP contribution is 2.18. The van der Waals surface area contributed by atoms with Crippen LogP contribution in [0.25, 0.3) is 0 Å². The molecule has 0 aliphatic carbocycles. The number of hydrogen-bond donors (Lipinski definition) is 1. The van der Waals surface area contributed by atoms with Crippen molar-refractivity contribution in [2.24, 2.45) is 5.92 Å². The molecular weight excluding hydrogens is 238 g/mol. The average molecular weight is 267 g/mol. The van der Waals surface area contributed by atoms with Crippen LogP contribution in [0.4, 0.5) is 4.79 Å². The van der Waals surface area contributed by atoms with E-state index in [1.54, 1.807) is 0 Å². The molecule has 0 aromatic rings. The summed E-state index contributed by atoms with van der Waals surface area (Å²) in [5.74, 6) is 0.658. The summed E-state index contributed by atoms with van der Waals surface area (Å²) >= 11 is 0. The van der Waals surface area contributed by atoms with Crippen LogP contribution >= 0.6 is 0 Å². The van der Waals surface area contributed by atoms with Crippen molar-refractivity contribution < 1.29 is 4.79 Å². The van der Waals surface area contributed by atoms with E-state index in [0.29, 0.717) is 12.0 Å². The molecule has 2 fully saturated rings. The van der Waals surface area contributed by atoms with Crippen molar-refractivity contribution in [3.8, 4) is 0 Å². The van der Waals surface area contributed by atoms with Gasteiger partial charge in [-0.3, -0.25) is 0 Å². The standard InChI is InChI=1S/C15H29N3O/c1-3-9-17(12-14-7-4-8-16-14)15(19)18-10-5-6-13(2)11-18/h13-14,16H,3-12H2,1-2H3. The van der Waals surface area contributed by atoms with Gasteiger partial charge in [-0.25, -0.2) is 4.79 Å². The molecule has 0 radical (unpaired) electrons. The molecule has 0 saturated carbocycles. The zero-order valence-corrected chi connectivity index (χ0v) is 12.5. The molecule has 2 atom stereocenters. The van der Waals surface area contributed by atoms with Gasteiger partial charge in [-0.05, 0) is 44.6 Å². The molecule has 0 spiro atoms. The molecule has 1 N–H and O–H groups in total. The lowest BCUT2D eigenvalue weighted by atomic mass is 10.0. The lowest BCUT2D eigenvalue weighted by molar-refractivity contribution is 0.128. The lowest BCUT2D eigenvalue weighted by Gasteiger charge is -2.36. The Morgan fingerprint density at radius 1 is 1.37 bits per heavy atom. The first-order valence-electron chi connectivity index (χ1n) is 7.98. The molecular formula is C15H29N3O. The summed E-state index contributed by atoms with van der Waals surface area (Å²) in [7, 11) is 0. The summed E-state index contributed by atoms with van der Waals surface area (Å²) in [4.78, 5) is 16.8. The van der Waals surface area contributed by atoms with E-state index in [1.165, 1.54) is 19.3 Å². The van der Waals surface area contributed by atoms with E-state index < -0.39 is 0 Å². The van der Waals surface area contributed by atoms with Gasteiger partial charge in [0.2, 0.25) is 0 Å². The molecule has 4 nitrogen and oxygen atoms in total. The predicted molar refractivity (Wildman–Crippen MR) is 78.3 cm³/mol. The molecule has 0 bridgehead atoms. The zero-order valence-electron chi connectivity index (χ0n) is 12.5. The molecule has 2 amide bonds. The Bertz CT molecular complexity index is 289. The predicted octanol–water partition coefficient (Wildman–Crippen LogP) is 2.30. The SMILES string of the molecule is CCCN(CC1CCCN1)C(=O)N1CCCC(C)C1. The first-order valence-corrected chi connectivity index (χ1v) is 7.98. The average Bonchev–Trinajstić information content (AvgIpc) is 2.90. The number of hydrogen-bond acceptors (Lipinski definition) is 2. The Hall–Kier alpha value is -0.770. The normalized spacial score (nSPS) is 27.6. The maximum absolute atomic E-state index is 12.6. The number of nitrogens with one attached hydrogen (secondary N) is 1. The van der Waals surface area contributed by atoms with Gasteiger partial charge in [0.05, 0.1) is 0 Å². The fourth-order valence-corrected chi connectivity index (χ4v) is 3.28. The van der Waals surface area contributed by atoms with Crippen molar-refractivity contribution in [1.82, 2.24) is 15.1 Å². The zero-order chi connectivity index (χ0) is 13.7. The van der Waals surface area contributed by atoms with Crippen LogP contribution in [0.5, 0.6) is 0 Å². The second-order valence-corrected chi connectivity index (χ2v) is 6.22.